The Morgan fingerprint density at radius 3 is 2.42 bits per heavy atom. The highest BCUT2D eigenvalue weighted by atomic mass is 32.1. The maximum atomic E-state index is 12.8. The zero-order valence-corrected chi connectivity index (χ0v) is 19.7. The number of anilines is 1. The van der Waals surface area contributed by atoms with Gasteiger partial charge >= 0.3 is 0 Å². The van der Waals surface area contributed by atoms with Crippen molar-refractivity contribution in [2.75, 3.05) is 11.9 Å². The van der Waals surface area contributed by atoms with Crippen LogP contribution < -0.4 is 5.32 Å². The molecule has 3 amide bonds. The van der Waals surface area contributed by atoms with Gasteiger partial charge in [-0.1, -0.05) is 42.5 Å². The molecule has 0 unspecified atom stereocenters. The fraction of sp³-hybridized carbons (Fsp3) is 0.0741. The molecule has 0 saturated carbocycles. The van der Waals surface area contributed by atoms with Gasteiger partial charge < -0.3 is 4.40 Å². The first-order valence-corrected chi connectivity index (χ1v) is 12.1. The number of carbonyl (C=O) groups excluding carboxylic acids is 3. The van der Waals surface area contributed by atoms with Crippen molar-refractivity contribution in [3.63, 3.8) is 0 Å². The van der Waals surface area contributed by atoms with E-state index in [9.17, 15) is 14.4 Å². The lowest BCUT2D eigenvalue weighted by atomic mass is 10.1. The van der Waals surface area contributed by atoms with Crippen LogP contribution in [0, 0.1) is 0 Å². The van der Waals surface area contributed by atoms with Crippen molar-refractivity contribution in [2.24, 2.45) is 0 Å². The first kappa shape index (κ1) is 21.9. The molecule has 4 heterocycles. The quantitative estimate of drug-likeness (QED) is 0.350. The van der Waals surface area contributed by atoms with E-state index in [4.69, 9.17) is 0 Å². The predicted octanol–water partition coefficient (Wildman–Crippen LogP) is 4.55. The summed E-state index contributed by atoms with van der Waals surface area (Å²) in [6.45, 7) is 0.252. The van der Waals surface area contributed by atoms with E-state index in [0.717, 1.165) is 16.1 Å². The van der Waals surface area contributed by atoms with Crippen molar-refractivity contribution in [2.45, 2.75) is 6.42 Å². The molecule has 0 fully saturated rings. The third kappa shape index (κ3) is 3.95. The molecule has 0 spiro atoms. The smallest absolute Gasteiger partial charge is 0.261 e. The number of thiazole rings is 1. The summed E-state index contributed by atoms with van der Waals surface area (Å²) >= 11 is 1.32. The Morgan fingerprint density at radius 1 is 0.944 bits per heavy atom. The number of benzene rings is 2. The molecule has 6 rings (SSSR count). The second-order valence-corrected chi connectivity index (χ2v) is 9.43. The normalized spacial score (nSPS) is 12.8. The number of amides is 3. The molecule has 1 aliphatic rings. The minimum absolute atomic E-state index is 0.252. The number of imide groups is 1. The number of hydrogen-bond donors (Lipinski definition) is 1. The lowest BCUT2D eigenvalue weighted by Gasteiger charge is -2.12. The molecule has 1 aliphatic heterocycles. The molecule has 0 bridgehead atoms. The second-order valence-electron chi connectivity index (χ2n) is 8.32. The molecule has 0 saturated heterocycles. The van der Waals surface area contributed by atoms with Crippen molar-refractivity contribution in [1.82, 2.24) is 19.3 Å². The zero-order chi connectivity index (χ0) is 24.6. The van der Waals surface area contributed by atoms with Crippen LogP contribution in [0.2, 0.25) is 0 Å². The number of hydrogen-bond acceptors (Lipinski definition) is 6. The Balaban J connectivity index is 1.11. The van der Waals surface area contributed by atoms with Gasteiger partial charge in [0.1, 0.15) is 5.65 Å². The highest BCUT2D eigenvalue weighted by molar-refractivity contribution is 7.15. The molecule has 1 N–H and O–H groups in total. The van der Waals surface area contributed by atoms with Gasteiger partial charge in [0, 0.05) is 47.6 Å². The fourth-order valence-electron chi connectivity index (χ4n) is 4.19. The molecular weight excluding hydrogens is 474 g/mol. The summed E-state index contributed by atoms with van der Waals surface area (Å²) in [6, 6.07) is 20.1. The van der Waals surface area contributed by atoms with Gasteiger partial charge in [0.15, 0.2) is 5.13 Å². The lowest BCUT2D eigenvalue weighted by Crippen LogP contribution is -2.31. The number of nitrogens with one attached hydrogen (secondary N) is 1. The van der Waals surface area contributed by atoms with E-state index in [2.05, 4.69) is 15.3 Å². The maximum Gasteiger partial charge on any atom is 0.261 e. The van der Waals surface area contributed by atoms with Gasteiger partial charge in [-0.25, -0.2) is 9.97 Å². The van der Waals surface area contributed by atoms with E-state index in [1.165, 1.54) is 16.2 Å². The van der Waals surface area contributed by atoms with Crippen molar-refractivity contribution in [3.8, 4) is 11.3 Å². The molecule has 36 heavy (non-hydrogen) atoms. The number of imidazole rings is 1. The number of aromatic nitrogens is 3. The summed E-state index contributed by atoms with van der Waals surface area (Å²) in [4.78, 5) is 49.0. The highest BCUT2D eigenvalue weighted by Gasteiger charge is 2.34. The Morgan fingerprint density at radius 2 is 1.67 bits per heavy atom. The van der Waals surface area contributed by atoms with E-state index < -0.39 is 0 Å². The van der Waals surface area contributed by atoms with Gasteiger partial charge in [-0.05, 0) is 24.3 Å². The Bertz CT molecular complexity index is 1600. The zero-order valence-electron chi connectivity index (χ0n) is 18.9. The average molecular weight is 494 g/mol. The molecule has 3 aromatic heterocycles. The summed E-state index contributed by atoms with van der Waals surface area (Å²) in [5, 5.41) is 3.27. The second kappa shape index (κ2) is 8.86. The van der Waals surface area contributed by atoms with Crippen LogP contribution in [-0.2, 0) is 6.42 Å². The van der Waals surface area contributed by atoms with Crippen LogP contribution >= 0.6 is 11.3 Å². The largest absolute Gasteiger partial charge is 0.306 e. The van der Waals surface area contributed by atoms with Crippen LogP contribution in [0.25, 0.3) is 16.9 Å². The first-order valence-electron chi connectivity index (χ1n) is 11.3. The molecule has 9 heteroatoms. The minimum atomic E-state index is -0.289. The van der Waals surface area contributed by atoms with Crippen molar-refractivity contribution in [3.05, 3.63) is 107 Å². The maximum absolute atomic E-state index is 12.8. The average Bonchev–Trinajstić information content (AvgIpc) is 3.60. The van der Waals surface area contributed by atoms with Crippen molar-refractivity contribution in [1.29, 1.82) is 0 Å². The standard InChI is InChI=1S/C27H19N5O3S/c33-24(18-10-12-31-16-22(29-23(31)14-18)17-6-2-1-3-7-17)30-27-28-15-19(36-27)11-13-32-25(34)20-8-4-5-9-21(20)26(32)35/h1-10,12,14-16H,11,13H2,(H,28,30,33). The molecule has 0 aliphatic carbocycles. The number of carbonyl (C=O) groups is 3. The predicted molar refractivity (Wildman–Crippen MR) is 136 cm³/mol. The molecule has 0 atom stereocenters. The van der Waals surface area contributed by atoms with Crippen LogP contribution in [0.4, 0.5) is 5.13 Å². The number of fused-ring (bicyclic) bond motifs is 2. The lowest BCUT2D eigenvalue weighted by molar-refractivity contribution is 0.0656. The monoisotopic (exact) mass is 493 g/mol. The summed E-state index contributed by atoms with van der Waals surface area (Å²) in [5.41, 5.74) is 3.84. The van der Waals surface area contributed by atoms with Crippen molar-refractivity contribution < 1.29 is 14.4 Å². The Kier molecular flexibility index (Phi) is 5.38. The molecular formula is C27H19N5O3S. The molecule has 0 radical (unpaired) electrons. The van der Waals surface area contributed by atoms with Gasteiger partial charge in [-0.2, -0.15) is 0 Å². The number of rotatable bonds is 6. The summed E-state index contributed by atoms with van der Waals surface area (Å²) < 4.78 is 1.87. The van der Waals surface area contributed by atoms with Gasteiger partial charge in [0.25, 0.3) is 17.7 Å². The molecule has 176 valence electrons. The Labute approximate surface area is 209 Å². The van der Waals surface area contributed by atoms with E-state index in [1.54, 1.807) is 48.8 Å². The highest BCUT2D eigenvalue weighted by Crippen LogP contribution is 2.25. The molecule has 8 nitrogen and oxygen atoms in total. The first-order chi connectivity index (χ1) is 17.6. The minimum Gasteiger partial charge on any atom is -0.306 e. The van der Waals surface area contributed by atoms with E-state index >= 15 is 0 Å². The van der Waals surface area contributed by atoms with Crippen LogP contribution in [0.1, 0.15) is 36.0 Å². The summed E-state index contributed by atoms with van der Waals surface area (Å²) in [7, 11) is 0. The topological polar surface area (TPSA) is 96.7 Å². The van der Waals surface area contributed by atoms with Crippen molar-refractivity contribution >= 4 is 39.8 Å². The summed E-state index contributed by atoms with van der Waals surface area (Å²) in [6.07, 6.45) is 5.84. The van der Waals surface area contributed by atoms with E-state index in [1.807, 2.05) is 40.9 Å². The van der Waals surface area contributed by atoms with Crippen LogP contribution in [0.15, 0.2) is 85.3 Å². The Hall–Kier alpha value is -4.63. The molecule has 2 aromatic carbocycles. The fourth-order valence-corrected chi connectivity index (χ4v) is 4.98. The van der Waals surface area contributed by atoms with Crippen LogP contribution in [0.5, 0.6) is 0 Å². The number of pyridine rings is 1. The summed E-state index contributed by atoms with van der Waals surface area (Å²) in [5.74, 6) is -0.847. The van der Waals surface area contributed by atoms with Crippen LogP contribution in [-0.4, -0.2) is 43.5 Å². The van der Waals surface area contributed by atoms with Gasteiger partial charge in [-0.15, -0.1) is 11.3 Å². The number of nitrogens with zero attached hydrogens (tertiary/aromatic N) is 4. The third-order valence-electron chi connectivity index (χ3n) is 6.03. The van der Waals surface area contributed by atoms with E-state index in [-0.39, 0.29) is 24.3 Å². The van der Waals surface area contributed by atoms with Gasteiger partial charge in [-0.3, -0.25) is 24.6 Å². The SMILES string of the molecule is O=C(Nc1ncc(CCN2C(=O)c3ccccc3C2=O)s1)c1ccn2cc(-c3ccccc3)nc2c1. The molecule has 5 aromatic rings. The van der Waals surface area contributed by atoms with Gasteiger partial charge in [0.2, 0.25) is 0 Å². The third-order valence-corrected chi connectivity index (χ3v) is 7.00. The van der Waals surface area contributed by atoms with Gasteiger partial charge in [0.05, 0.1) is 16.8 Å². The van der Waals surface area contributed by atoms with E-state index in [0.29, 0.717) is 33.9 Å². The van der Waals surface area contributed by atoms with Crippen LogP contribution in [0.3, 0.4) is 0 Å².